The second-order valence-electron chi connectivity index (χ2n) is 6.14. The fraction of sp³-hybridized carbons (Fsp3) is 0.0455. The van der Waals surface area contributed by atoms with Gasteiger partial charge in [-0.05, 0) is 48.0 Å². The first-order valence-corrected chi connectivity index (χ1v) is 9.24. The Labute approximate surface area is 171 Å². The molecule has 29 heavy (non-hydrogen) atoms. The lowest BCUT2D eigenvalue weighted by molar-refractivity contribution is -0.115. The molecule has 0 fully saturated rings. The highest BCUT2D eigenvalue weighted by atomic mass is 35.5. The summed E-state index contributed by atoms with van der Waals surface area (Å²) in [5.41, 5.74) is 2.02. The fourth-order valence-corrected chi connectivity index (χ4v) is 2.83. The second kappa shape index (κ2) is 8.58. The fourth-order valence-electron chi connectivity index (χ4n) is 2.71. The molecule has 1 amide bonds. The number of benzene rings is 2. The summed E-state index contributed by atoms with van der Waals surface area (Å²) >= 11 is 5.90. The molecule has 0 aliphatic carbocycles. The molecular formula is C22H16ClN3O3. The predicted octanol–water partition coefficient (Wildman–Crippen LogP) is 4.84. The number of nitrogens with zero attached hydrogens (tertiary/aromatic N) is 2. The number of nitrogens with one attached hydrogen (secondary N) is 1. The number of halogens is 1. The van der Waals surface area contributed by atoms with Crippen LogP contribution in [0.25, 0.3) is 23.0 Å². The van der Waals surface area contributed by atoms with Gasteiger partial charge in [0.25, 0.3) is 5.91 Å². The first-order valence-electron chi connectivity index (χ1n) is 8.86. The molecule has 0 atom stereocenters. The van der Waals surface area contributed by atoms with Gasteiger partial charge in [0.05, 0.1) is 18.4 Å². The number of amides is 1. The number of aromatic nitrogens is 2. The molecule has 2 aromatic carbocycles. The van der Waals surface area contributed by atoms with Gasteiger partial charge in [-0.15, -0.1) is 0 Å². The lowest BCUT2D eigenvalue weighted by Gasteiger charge is -2.07. The van der Waals surface area contributed by atoms with E-state index in [-0.39, 0.29) is 12.5 Å². The van der Waals surface area contributed by atoms with E-state index in [0.717, 1.165) is 11.1 Å². The SMILES string of the molecule is O=C(NCc1nc(-c2ccc(Cl)cc2)no1)/C(=C/c1ccco1)c1ccccc1. The van der Waals surface area contributed by atoms with Crippen LogP contribution in [-0.4, -0.2) is 16.0 Å². The molecule has 4 aromatic rings. The third-order valence-corrected chi connectivity index (χ3v) is 4.38. The molecule has 0 radical (unpaired) electrons. The summed E-state index contributed by atoms with van der Waals surface area (Å²) in [6, 6.07) is 20.0. The van der Waals surface area contributed by atoms with Crippen molar-refractivity contribution in [2.75, 3.05) is 0 Å². The zero-order valence-electron chi connectivity index (χ0n) is 15.2. The summed E-state index contributed by atoms with van der Waals surface area (Å²) in [7, 11) is 0. The Morgan fingerprint density at radius 1 is 1.03 bits per heavy atom. The molecule has 2 aromatic heterocycles. The first-order chi connectivity index (χ1) is 14.2. The zero-order valence-corrected chi connectivity index (χ0v) is 16.0. The lowest BCUT2D eigenvalue weighted by atomic mass is 10.0. The molecule has 0 unspecified atom stereocenters. The highest BCUT2D eigenvalue weighted by Gasteiger charge is 2.15. The van der Waals surface area contributed by atoms with Crippen LogP contribution in [0.2, 0.25) is 5.02 Å². The highest BCUT2D eigenvalue weighted by Crippen LogP contribution is 2.20. The Morgan fingerprint density at radius 2 is 1.83 bits per heavy atom. The van der Waals surface area contributed by atoms with Crippen LogP contribution >= 0.6 is 11.6 Å². The van der Waals surface area contributed by atoms with Crippen LogP contribution in [0.5, 0.6) is 0 Å². The van der Waals surface area contributed by atoms with Crippen molar-refractivity contribution in [3.05, 3.63) is 95.2 Å². The van der Waals surface area contributed by atoms with E-state index in [0.29, 0.717) is 28.1 Å². The van der Waals surface area contributed by atoms with Crippen molar-refractivity contribution in [3.63, 3.8) is 0 Å². The molecule has 6 nitrogen and oxygen atoms in total. The van der Waals surface area contributed by atoms with Crippen LogP contribution in [0, 0.1) is 0 Å². The molecule has 0 bridgehead atoms. The van der Waals surface area contributed by atoms with Gasteiger partial charge in [-0.25, -0.2) is 0 Å². The lowest BCUT2D eigenvalue weighted by Crippen LogP contribution is -2.24. The topological polar surface area (TPSA) is 81.2 Å². The minimum absolute atomic E-state index is 0.0990. The average Bonchev–Trinajstić information content (AvgIpc) is 3.44. The summed E-state index contributed by atoms with van der Waals surface area (Å²) in [6.07, 6.45) is 3.25. The van der Waals surface area contributed by atoms with Crippen LogP contribution in [0.4, 0.5) is 0 Å². The quantitative estimate of drug-likeness (QED) is 0.464. The van der Waals surface area contributed by atoms with E-state index < -0.39 is 0 Å². The largest absolute Gasteiger partial charge is 0.465 e. The van der Waals surface area contributed by atoms with Gasteiger partial charge >= 0.3 is 0 Å². The van der Waals surface area contributed by atoms with Gasteiger partial charge in [0.1, 0.15) is 5.76 Å². The number of carbonyl (C=O) groups excluding carboxylic acids is 1. The van der Waals surface area contributed by atoms with E-state index >= 15 is 0 Å². The molecule has 1 N–H and O–H groups in total. The summed E-state index contributed by atoms with van der Waals surface area (Å²) < 4.78 is 10.6. The van der Waals surface area contributed by atoms with E-state index in [4.69, 9.17) is 20.5 Å². The van der Waals surface area contributed by atoms with Crippen LogP contribution < -0.4 is 5.32 Å². The van der Waals surface area contributed by atoms with Crippen LogP contribution in [-0.2, 0) is 11.3 Å². The minimum Gasteiger partial charge on any atom is -0.465 e. The number of carbonyl (C=O) groups is 1. The maximum absolute atomic E-state index is 12.8. The van der Waals surface area contributed by atoms with Gasteiger partial charge in [-0.3, -0.25) is 4.79 Å². The summed E-state index contributed by atoms with van der Waals surface area (Å²) in [4.78, 5) is 17.1. The summed E-state index contributed by atoms with van der Waals surface area (Å²) in [5.74, 6) is 1.04. The van der Waals surface area contributed by atoms with Crippen molar-refractivity contribution in [1.29, 1.82) is 0 Å². The van der Waals surface area contributed by atoms with Gasteiger partial charge in [0, 0.05) is 10.6 Å². The molecule has 0 aliphatic rings. The normalized spacial score (nSPS) is 11.4. The first kappa shape index (κ1) is 18.7. The molecule has 0 spiro atoms. The van der Waals surface area contributed by atoms with Gasteiger partial charge in [-0.2, -0.15) is 4.98 Å². The maximum Gasteiger partial charge on any atom is 0.252 e. The Hall–Kier alpha value is -3.64. The van der Waals surface area contributed by atoms with Gasteiger partial charge in [-0.1, -0.05) is 47.1 Å². The Kier molecular flexibility index (Phi) is 5.54. The number of furan rings is 1. The smallest absolute Gasteiger partial charge is 0.252 e. The summed E-state index contributed by atoms with van der Waals surface area (Å²) in [5, 5.41) is 7.39. The average molecular weight is 406 g/mol. The van der Waals surface area contributed by atoms with Crippen molar-refractivity contribution in [1.82, 2.24) is 15.5 Å². The van der Waals surface area contributed by atoms with Crippen molar-refractivity contribution in [2.24, 2.45) is 0 Å². The van der Waals surface area contributed by atoms with E-state index in [1.54, 1.807) is 48.7 Å². The van der Waals surface area contributed by atoms with Crippen LogP contribution in [0.1, 0.15) is 17.2 Å². The predicted molar refractivity (Wildman–Crippen MR) is 110 cm³/mol. The van der Waals surface area contributed by atoms with Gasteiger partial charge in [0.2, 0.25) is 11.7 Å². The highest BCUT2D eigenvalue weighted by molar-refractivity contribution is 6.30. The van der Waals surface area contributed by atoms with Crippen LogP contribution in [0.3, 0.4) is 0 Å². The van der Waals surface area contributed by atoms with E-state index in [9.17, 15) is 4.79 Å². The number of hydrogen-bond donors (Lipinski definition) is 1. The summed E-state index contributed by atoms with van der Waals surface area (Å²) in [6.45, 7) is 0.0990. The Bertz CT molecular complexity index is 1120. The zero-order chi connectivity index (χ0) is 20.1. The number of hydrogen-bond acceptors (Lipinski definition) is 5. The van der Waals surface area contributed by atoms with Crippen molar-refractivity contribution >= 4 is 29.2 Å². The van der Waals surface area contributed by atoms with E-state index in [2.05, 4.69) is 15.5 Å². The van der Waals surface area contributed by atoms with Crippen molar-refractivity contribution < 1.29 is 13.7 Å². The van der Waals surface area contributed by atoms with Crippen molar-refractivity contribution in [3.8, 4) is 11.4 Å². The van der Waals surface area contributed by atoms with Crippen molar-refractivity contribution in [2.45, 2.75) is 6.54 Å². The Balaban J connectivity index is 1.49. The third kappa shape index (κ3) is 4.62. The third-order valence-electron chi connectivity index (χ3n) is 4.13. The second-order valence-corrected chi connectivity index (χ2v) is 6.58. The van der Waals surface area contributed by atoms with Crippen LogP contribution in [0.15, 0.2) is 81.9 Å². The maximum atomic E-state index is 12.8. The minimum atomic E-state index is -0.279. The molecule has 4 rings (SSSR count). The van der Waals surface area contributed by atoms with Gasteiger partial charge in [0.15, 0.2) is 0 Å². The van der Waals surface area contributed by atoms with Gasteiger partial charge < -0.3 is 14.3 Å². The molecule has 2 heterocycles. The standard InChI is InChI=1S/C22H16ClN3O3/c23-17-10-8-16(9-11-17)21-25-20(29-26-21)14-24-22(27)19(13-18-7-4-12-28-18)15-5-2-1-3-6-15/h1-13H,14H2,(H,24,27)/b19-13+. The molecular weight excluding hydrogens is 390 g/mol. The molecule has 7 heteroatoms. The molecule has 144 valence electrons. The molecule has 0 aliphatic heterocycles. The number of rotatable bonds is 6. The Morgan fingerprint density at radius 3 is 2.55 bits per heavy atom. The molecule has 0 saturated carbocycles. The van der Waals surface area contributed by atoms with E-state index in [1.807, 2.05) is 30.3 Å². The monoisotopic (exact) mass is 405 g/mol. The van der Waals surface area contributed by atoms with E-state index in [1.165, 1.54) is 0 Å². The molecule has 0 saturated heterocycles.